The summed E-state index contributed by atoms with van der Waals surface area (Å²) in [5.41, 5.74) is 1.82. The summed E-state index contributed by atoms with van der Waals surface area (Å²) >= 11 is 0. The van der Waals surface area contributed by atoms with E-state index >= 15 is 0 Å². The molecule has 1 fully saturated rings. The summed E-state index contributed by atoms with van der Waals surface area (Å²) in [6, 6.07) is 3.56. The monoisotopic (exact) mass is 286 g/mol. The van der Waals surface area contributed by atoms with Crippen LogP contribution in [-0.2, 0) is 7.05 Å². The third-order valence-electron chi connectivity index (χ3n) is 3.54. The Bertz CT molecular complexity index is 603. The Morgan fingerprint density at radius 1 is 1.24 bits per heavy atom. The van der Waals surface area contributed by atoms with Crippen LogP contribution in [0.3, 0.4) is 0 Å². The number of nitrogens with one attached hydrogen (secondary N) is 1. The first-order valence-electron chi connectivity index (χ1n) is 6.92. The van der Waals surface area contributed by atoms with Gasteiger partial charge in [0, 0.05) is 45.6 Å². The highest BCUT2D eigenvalue weighted by Crippen LogP contribution is 2.15. The van der Waals surface area contributed by atoms with Gasteiger partial charge in [0.1, 0.15) is 0 Å². The van der Waals surface area contributed by atoms with Crippen molar-refractivity contribution in [3.05, 3.63) is 36.9 Å². The summed E-state index contributed by atoms with van der Waals surface area (Å²) in [5, 5.41) is 7.04. The first-order chi connectivity index (χ1) is 10.2. The van der Waals surface area contributed by atoms with E-state index in [1.54, 1.807) is 23.1 Å². The molecule has 0 atom stereocenters. The Hall–Kier alpha value is -2.57. The van der Waals surface area contributed by atoms with E-state index in [4.69, 9.17) is 0 Å². The number of hydrogen-bond donors (Lipinski definition) is 1. The molecular weight excluding hydrogens is 268 g/mol. The molecule has 0 unspecified atom stereocenters. The lowest BCUT2D eigenvalue weighted by Gasteiger charge is -2.35. The van der Waals surface area contributed by atoms with E-state index in [2.05, 4.69) is 20.3 Å². The second kappa shape index (κ2) is 5.82. The number of rotatable bonds is 2. The molecule has 1 aliphatic rings. The molecule has 110 valence electrons. The van der Waals surface area contributed by atoms with Crippen molar-refractivity contribution in [2.45, 2.75) is 0 Å². The van der Waals surface area contributed by atoms with Gasteiger partial charge in [0.25, 0.3) is 0 Å². The van der Waals surface area contributed by atoms with Crippen LogP contribution in [0.2, 0.25) is 0 Å². The molecule has 0 bridgehead atoms. The Morgan fingerprint density at radius 2 is 2.05 bits per heavy atom. The van der Waals surface area contributed by atoms with E-state index in [-0.39, 0.29) is 6.03 Å². The van der Waals surface area contributed by atoms with Gasteiger partial charge in [0.2, 0.25) is 0 Å². The number of anilines is 2. The van der Waals surface area contributed by atoms with Crippen molar-refractivity contribution in [3.63, 3.8) is 0 Å². The molecule has 0 aliphatic carbocycles. The fourth-order valence-electron chi connectivity index (χ4n) is 2.38. The first-order valence-corrected chi connectivity index (χ1v) is 6.92. The molecule has 0 aromatic carbocycles. The summed E-state index contributed by atoms with van der Waals surface area (Å²) in [6.07, 6.45) is 7.17. The quantitative estimate of drug-likeness (QED) is 0.900. The van der Waals surface area contributed by atoms with Crippen molar-refractivity contribution in [3.8, 4) is 0 Å². The van der Waals surface area contributed by atoms with Crippen LogP contribution in [0.15, 0.2) is 36.9 Å². The van der Waals surface area contributed by atoms with Crippen LogP contribution in [0.1, 0.15) is 0 Å². The van der Waals surface area contributed by atoms with Crippen LogP contribution in [0.25, 0.3) is 0 Å². The predicted octanol–water partition coefficient (Wildman–Crippen LogP) is 1.17. The molecule has 0 saturated carbocycles. The van der Waals surface area contributed by atoms with Crippen LogP contribution in [0.5, 0.6) is 0 Å². The molecule has 0 radical (unpaired) electrons. The average molecular weight is 286 g/mol. The van der Waals surface area contributed by atoms with Gasteiger partial charge >= 0.3 is 6.03 Å². The summed E-state index contributed by atoms with van der Waals surface area (Å²) in [6.45, 7) is 3.01. The summed E-state index contributed by atoms with van der Waals surface area (Å²) in [4.78, 5) is 20.2. The third kappa shape index (κ3) is 3.13. The molecule has 1 saturated heterocycles. The molecule has 0 spiro atoms. The zero-order valence-corrected chi connectivity index (χ0v) is 11.9. The summed E-state index contributed by atoms with van der Waals surface area (Å²) in [5.74, 6) is 0. The van der Waals surface area contributed by atoms with Crippen LogP contribution >= 0.6 is 0 Å². The maximum Gasteiger partial charge on any atom is 0.322 e. The van der Waals surface area contributed by atoms with Crippen molar-refractivity contribution in [2.24, 2.45) is 7.05 Å². The normalized spacial score (nSPS) is 15.1. The molecule has 7 heteroatoms. The highest BCUT2D eigenvalue weighted by molar-refractivity contribution is 5.89. The van der Waals surface area contributed by atoms with Crippen molar-refractivity contribution in [1.29, 1.82) is 0 Å². The van der Waals surface area contributed by atoms with E-state index < -0.39 is 0 Å². The second-order valence-corrected chi connectivity index (χ2v) is 5.02. The lowest BCUT2D eigenvalue weighted by Crippen LogP contribution is -2.50. The topological polar surface area (TPSA) is 66.3 Å². The lowest BCUT2D eigenvalue weighted by atomic mass is 10.3. The highest BCUT2D eigenvalue weighted by atomic mass is 16.2. The largest absolute Gasteiger partial charge is 0.365 e. The number of carbonyl (C=O) groups excluding carboxylic acids is 1. The Labute approximate surface area is 123 Å². The van der Waals surface area contributed by atoms with Crippen molar-refractivity contribution >= 4 is 17.4 Å². The molecule has 1 aliphatic heterocycles. The summed E-state index contributed by atoms with van der Waals surface area (Å²) in [7, 11) is 1.90. The van der Waals surface area contributed by atoms with Crippen molar-refractivity contribution in [2.75, 3.05) is 36.4 Å². The fraction of sp³-hybridized carbons (Fsp3) is 0.357. The predicted molar refractivity (Wildman–Crippen MR) is 80.2 cm³/mol. The maximum atomic E-state index is 12.2. The van der Waals surface area contributed by atoms with E-state index in [9.17, 15) is 4.79 Å². The summed E-state index contributed by atoms with van der Waals surface area (Å²) < 4.78 is 1.79. The molecular formula is C14H18N6O. The zero-order chi connectivity index (χ0) is 14.7. The first kappa shape index (κ1) is 13.4. The van der Waals surface area contributed by atoms with Crippen LogP contribution in [0, 0.1) is 0 Å². The van der Waals surface area contributed by atoms with Gasteiger partial charge in [-0.15, -0.1) is 0 Å². The molecule has 7 nitrogen and oxygen atoms in total. The van der Waals surface area contributed by atoms with Gasteiger partial charge < -0.3 is 15.1 Å². The minimum atomic E-state index is -0.0752. The van der Waals surface area contributed by atoms with Crippen molar-refractivity contribution in [1.82, 2.24) is 19.7 Å². The van der Waals surface area contributed by atoms with E-state index in [1.165, 1.54) is 0 Å². The smallest absolute Gasteiger partial charge is 0.322 e. The van der Waals surface area contributed by atoms with E-state index in [0.717, 1.165) is 24.5 Å². The Kier molecular flexibility index (Phi) is 3.72. The van der Waals surface area contributed by atoms with E-state index in [1.807, 2.05) is 30.4 Å². The standard InChI is InChI=1S/C14H18N6O/c1-18-11-13(10-16-18)19-5-7-20(8-6-19)14(21)17-12-3-2-4-15-9-12/h2-4,9-11H,5-8H2,1H3,(H,17,21). The van der Waals surface area contributed by atoms with Crippen LogP contribution in [0.4, 0.5) is 16.2 Å². The molecule has 2 aromatic heterocycles. The number of aromatic nitrogens is 3. The Balaban J connectivity index is 1.54. The fourth-order valence-corrected chi connectivity index (χ4v) is 2.38. The third-order valence-corrected chi connectivity index (χ3v) is 3.54. The second-order valence-electron chi connectivity index (χ2n) is 5.02. The molecule has 1 N–H and O–H groups in total. The number of aryl methyl sites for hydroxylation is 1. The molecule has 3 heterocycles. The molecule has 2 aromatic rings. The highest BCUT2D eigenvalue weighted by Gasteiger charge is 2.21. The van der Waals surface area contributed by atoms with E-state index in [0.29, 0.717) is 13.1 Å². The number of carbonyl (C=O) groups is 1. The van der Waals surface area contributed by atoms with Crippen molar-refractivity contribution < 1.29 is 4.79 Å². The van der Waals surface area contributed by atoms with Crippen LogP contribution < -0.4 is 10.2 Å². The molecule has 2 amide bonds. The van der Waals surface area contributed by atoms with Gasteiger partial charge in [-0.05, 0) is 12.1 Å². The van der Waals surface area contributed by atoms with Gasteiger partial charge in [-0.1, -0.05) is 0 Å². The lowest BCUT2D eigenvalue weighted by molar-refractivity contribution is 0.208. The average Bonchev–Trinajstić information content (AvgIpc) is 2.95. The maximum absolute atomic E-state index is 12.2. The van der Waals surface area contributed by atoms with Gasteiger partial charge in [-0.3, -0.25) is 9.67 Å². The minimum Gasteiger partial charge on any atom is -0.365 e. The zero-order valence-electron chi connectivity index (χ0n) is 11.9. The minimum absolute atomic E-state index is 0.0752. The Morgan fingerprint density at radius 3 is 2.67 bits per heavy atom. The van der Waals surface area contributed by atoms with Gasteiger partial charge in [-0.25, -0.2) is 4.79 Å². The number of hydrogen-bond acceptors (Lipinski definition) is 4. The number of pyridine rings is 1. The number of nitrogens with zero attached hydrogens (tertiary/aromatic N) is 5. The number of piperazine rings is 1. The number of amides is 2. The molecule has 21 heavy (non-hydrogen) atoms. The number of urea groups is 1. The van der Waals surface area contributed by atoms with Gasteiger partial charge in [-0.2, -0.15) is 5.10 Å². The SMILES string of the molecule is Cn1cc(N2CCN(C(=O)Nc3cccnc3)CC2)cn1. The van der Waals surface area contributed by atoms with Gasteiger partial charge in [0.15, 0.2) is 0 Å². The van der Waals surface area contributed by atoms with Crippen LogP contribution in [-0.4, -0.2) is 51.9 Å². The van der Waals surface area contributed by atoms with Gasteiger partial charge in [0.05, 0.1) is 23.8 Å². The molecule has 3 rings (SSSR count).